The van der Waals surface area contributed by atoms with Gasteiger partial charge in [-0.2, -0.15) is 5.26 Å². The number of nitrogens with zero attached hydrogens (tertiary/aromatic N) is 5. The molecule has 0 fully saturated rings. The Bertz CT molecular complexity index is 523. The first-order valence-corrected chi connectivity index (χ1v) is 10.7. The predicted octanol–water partition coefficient (Wildman–Crippen LogP) is 6.00. The Hall–Kier alpha value is -1.92. The van der Waals surface area contributed by atoms with Crippen LogP contribution in [0.15, 0.2) is 23.7 Å². The van der Waals surface area contributed by atoms with E-state index in [1.807, 2.05) is 0 Å². The quantitative estimate of drug-likeness (QED) is 0.161. The molecule has 0 atom stereocenters. The van der Waals surface area contributed by atoms with E-state index in [0.717, 1.165) is 0 Å². The third-order valence-electron chi connectivity index (χ3n) is 4.69. The maximum absolute atomic E-state index is 7.43. The van der Waals surface area contributed by atoms with Gasteiger partial charge in [0.2, 0.25) is 6.33 Å². The van der Waals surface area contributed by atoms with Crippen LogP contribution in [0, 0.1) is 11.5 Å². The minimum absolute atomic E-state index is 1.18. The first-order chi connectivity index (χ1) is 13.2. The second kappa shape index (κ2) is 20.4. The van der Waals surface area contributed by atoms with Crippen molar-refractivity contribution in [2.24, 2.45) is 12.0 Å². The molecule has 0 spiro atoms. The molecule has 0 radical (unpaired) electrons. The van der Waals surface area contributed by atoms with E-state index in [1.165, 1.54) is 109 Å². The Labute approximate surface area is 166 Å². The second-order valence-electron chi connectivity index (χ2n) is 7.22. The molecule has 0 unspecified atom stereocenters. The lowest BCUT2D eigenvalue weighted by molar-refractivity contribution is -0.671. The second-order valence-corrected chi connectivity index (χ2v) is 7.22. The zero-order chi connectivity index (χ0) is 20.0. The van der Waals surface area contributed by atoms with Crippen LogP contribution in [0.1, 0.15) is 96.8 Å². The number of hydrogen-bond acceptors (Lipinski definition) is 2. The van der Waals surface area contributed by atoms with E-state index in [1.54, 1.807) is 0 Å². The average Bonchev–Trinajstić information content (AvgIpc) is 3.08. The number of aromatic nitrogens is 2. The van der Waals surface area contributed by atoms with E-state index >= 15 is 0 Å². The molecular weight excluding hydrogens is 334 g/mol. The van der Waals surface area contributed by atoms with Gasteiger partial charge in [-0.15, -0.1) is 6.01 Å². The highest BCUT2D eigenvalue weighted by atomic mass is 15.1. The van der Waals surface area contributed by atoms with Crippen LogP contribution in [-0.4, -0.2) is 10.6 Å². The minimum Gasteiger partial charge on any atom is -0.422 e. The smallest absolute Gasteiger partial charge is 0.243 e. The summed E-state index contributed by atoms with van der Waals surface area (Å²) < 4.78 is 4.41. The van der Waals surface area contributed by atoms with Crippen molar-refractivity contribution < 1.29 is 4.57 Å². The summed E-state index contributed by atoms with van der Waals surface area (Å²) in [6, 6.07) is 1.28. The molecule has 0 aliphatic heterocycles. The lowest BCUT2D eigenvalue weighted by Gasteiger charge is -2.03. The Morgan fingerprint density at radius 2 is 1.37 bits per heavy atom. The summed E-state index contributed by atoms with van der Waals surface area (Å²) in [5.41, 5.74) is 0. The molecule has 0 aromatic carbocycles. The van der Waals surface area contributed by atoms with Crippen molar-refractivity contribution in [2.45, 2.75) is 103 Å². The van der Waals surface area contributed by atoms with Crippen molar-refractivity contribution in [1.82, 2.24) is 4.57 Å². The summed E-state index contributed by atoms with van der Waals surface area (Å²) in [6.45, 7) is 3.47. The minimum atomic E-state index is 1.18. The lowest BCUT2D eigenvalue weighted by Crippen LogP contribution is -2.23. The normalized spacial score (nSPS) is 9.81. The summed E-state index contributed by atoms with van der Waals surface area (Å²) >= 11 is 0. The van der Waals surface area contributed by atoms with Crippen LogP contribution in [0.25, 0.3) is 5.41 Å². The van der Waals surface area contributed by atoms with Crippen LogP contribution in [0.5, 0.6) is 0 Å². The summed E-state index contributed by atoms with van der Waals surface area (Å²) in [7, 11) is 2.09. The highest BCUT2D eigenvalue weighted by Crippen LogP contribution is 2.13. The summed E-state index contributed by atoms with van der Waals surface area (Å²) in [5.74, 6) is 0. The van der Waals surface area contributed by atoms with Crippen molar-refractivity contribution >= 4 is 6.01 Å². The van der Waals surface area contributed by atoms with Gasteiger partial charge in [-0.3, -0.25) is 0 Å². The molecule has 152 valence electrons. The van der Waals surface area contributed by atoms with Crippen LogP contribution in [0.3, 0.4) is 0 Å². The van der Waals surface area contributed by atoms with Gasteiger partial charge >= 0.3 is 0 Å². The molecule has 5 nitrogen and oxygen atoms in total. The first-order valence-electron chi connectivity index (χ1n) is 10.7. The van der Waals surface area contributed by atoms with E-state index < -0.39 is 0 Å². The zero-order valence-electron chi connectivity index (χ0n) is 17.6. The molecule has 0 amide bonds. The molecular formula is C22H39N5. The number of nitriles is 1. The fraction of sp³-hybridized carbons (Fsp3) is 0.773. The molecule has 0 saturated heterocycles. The molecule has 0 aliphatic rings. The molecule has 1 aromatic heterocycles. The molecule has 0 aliphatic carbocycles. The summed E-state index contributed by atoms with van der Waals surface area (Å²) in [6.07, 6.45) is 27.8. The van der Waals surface area contributed by atoms with Crippen molar-refractivity contribution in [2.75, 3.05) is 0 Å². The van der Waals surface area contributed by atoms with Gasteiger partial charge in [-0.05, 0) is 12.8 Å². The summed E-state index contributed by atoms with van der Waals surface area (Å²) in [4.78, 5) is 2.58. The van der Waals surface area contributed by atoms with Gasteiger partial charge in [-0.1, -0.05) is 84.0 Å². The molecule has 0 bridgehead atoms. The van der Waals surface area contributed by atoms with Gasteiger partial charge < -0.3 is 10.4 Å². The van der Waals surface area contributed by atoms with Crippen LogP contribution in [0.4, 0.5) is 0 Å². The number of unbranched alkanes of at least 4 members (excludes halogenated alkanes) is 13. The predicted molar refractivity (Wildman–Crippen MR) is 112 cm³/mol. The molecule has 1 heterocycles. The third kappa shape index (κ3) is 18.7. The zero-order valence-corrected chi connectivity index (χ0v) is 17.6. The highest BCUT2D eigenvalue weighted by molar-refractivity contribution is 5.46. The number of rotatable bonds is 15. The van der Waals surface area contributed by atoms with Gasteiger partial charge in [0.05, 0.1) is 19.8 Å². The van der Waals surface area contributed by atoms with Gasteiger partial charge in [0.1, 0.15) is 12.4 Å². The third-order valence-corrected chi connectivity index (χ3v) is 4.69. The summed E-state index contributed by atoms with van der Waals surface area (Å²) in [5, 5.41) is 14.9. The van der Waals surface area contributed by atoms with E-state index in [0.29, 0.717) is 0 Å². The Balaban J connectivity index is 0.00000119. The number of aliphatic imine (C=N–C) groups is 1. The van der Waals surface area contributed by atoms with Gasteiger partial charge in [0.25, 0.3) is 0 Å². The molecule has 1 rings (SSSR count). The van der Waals surface area contributed by atoms with Crippen LogP contribution in [0.2, 0.25) is 0 Å². The van der Waals surface area contributed by atoms with Crippen LogP contribution in [-0.2, 0) is 13.6 Å². The number of imidazole rings is 1. The maximum atomic E-state index is 7.43. The topological polar surface area (TPSA) is 67.3 Å². The monoisotopic (exact) mass is 373 g/mol. The van der Waals surface area contributed by atoms with Crippen molar-refractivity contribution in [3.05, 3.63) is 24.1 Å². The number of hydrogen-bond donors (Lipinski definition) is 0. The van der Waals surface area contributed by atoms with Crippen molar-refractivity contribution in [1.29, 1.82) is 5.26 Å². The fourth-order valence-electron chi connectivity index (χ4n) is 3.15. The van der Waals surface area contributed by atoms with Crippen molar-refractivity contribution in [3.63, 3.8) is 0 Å². The largest absolute Gasteiger partial charge is 0.422 e. The van der Waals surface area contributed by atoms with E-state index in [2.05, 4.69) is 46.8 Å². The van der Waals surface area contributed by atoms with E-state index in [4.69, 9.17) is 10.7 Å². The van der Waals surface area contributed by atoms with E-state index in [-0.39, 0.29) is 0 Å². The SMILES string of the molecule is CCCCCCCCCCCCCCCCn1cc[n+](C)c1.N#CN=C=[N-]. The Kier molecular flexibility index (Phi) is 18.9. The van der Waals surface area contributed by atoms with Crippen LogP contribution < -0.4 is 4.57 Å². The van der Waals surface area contributed by atoms with Gasteiger partial charge in [0, 0.05) is 0 Å². The van der Waals surface area contributed by atoms with Crippen molar-refractivity contribution in [3.8, 4) is 6.19 Å². The first kappa shape index (κ1) is 25.1. The molecule has 1 aromatic rings. The lowest BCUT2D eigenvalue weighted by atomic mass is 10.0. The molecule has 0 N–H and O–H groups in total. The molecule has 5 heteroatoms. The van der Waals surface area contributed by atoms with Gasteiger partial charge in [-0.25, -0.2) is 9.13 Å². The Morgan fingerprint density at radius 1 is 0.889 bits per heavy atom. The Morgan fingerprint density at radius 3 is 1.70 bits per heavy atom. The standard InChI is InChI=1S/C20H39N2.C2N3/c1-3-4-5-6-7-8-9-10-11-12-13-14-15-16-17-22-19-18-21(2)20-22;3-1-5-2-4/h18-20H,3-17H2,1-2H3;/q+1;-1. The highest BCUT2D eigenvalue weighted by Gasteiger charge is 1.99. The maximum Gasteiger partial charge on any atom is 0.243 e. The van der Waals surface area contributed by atoms with E-state index in [9.17, 15) is 0 Å². The molecule has 27 heavy (non-hydrogen) atoms. The number of aryl methyl sites for hydroxylation is 2. The fourth-order valence-corrected chi connectivity index (χ4v) is 3.15. The van der Waals surface area contributed by atoms with Gasteiger partial charge in [0.15, 0.2) is 0 Å². The molecule has 0 saturated carbocycles. The average molecular weight is 374 g/mol. The van der Waals surface area contributed by atoms with Crippen LogP contribution >= 0.6 is 0 Å².